The Morgan fingerprint density at radius 2 is 1.38 bits per heavy atom. The minimum Gasteiger partial charge on any atom is -0.453 e. The van der Waals surface area contributed by atoms with Crippen molar-refractivity contribution >= 4 is 28.7 Å². The first-order valence-corrected chi connectivity index (χ1v) is 21.0. The summed E-state index contributed by atoms with van der Waals surface area (Å²) in [4.78, 5) is 59.6. The van der Waals surface area contributed by atoms with Crippen LogP contribution >= 0.6 is 0 Å². The number of ether oxygens (including phenoxy) is 4. The zero-order valence-corrected chi connectivity index (χ0v) is 35.6. The van der Waals surface area contributed by atoms with Crippen LogP contribution in [0.15, 0.2) is 103 Å². The summed E-state index contributed by atoms with van der Waals surface area (Å²) in [6, 6.07) is 27.7. The molecule has 6 aromatic rings. The fourth-order valence-corrected chi connectivity index (χ4v) is 8.36. The lowest BCUT2D eigenvalue weighted by molar-refractivity contribution is -0.150. The molecule has 0 aliphatic carbocycles. The van der Waals surface area contributed by atoms with E-state index in [2.05, 4.69) is 69.1 Å². The average molecular weight is 857 g/mol. The smallest absolute Gasteiger partial charge is 0.407 e. The van der Waals surface area contributed by atoms with Crippen molar-refractivity contribution in [2.75, 3.05) is 47.6 Å². The number of carbonyl (C=O) groups is 3. The Hall–Kier alpha value is -6.43. The van der Waals surface area contributed by atoms with Crippen LogP contribution in [0.4, 0.5) is 4.79 Å². The molecule has 16 nitrogen and oxygen atoms in total. The molecule has 0 radical (unpaired) electrons. The van der Waals surface area contributed by atoms with Gasteiger partial charge in [0.25, 0.3) is 0 Å². The lowest BCUT2D eigenvalue weighted by Crippen LogP contribution is -2.54. The number of likely N-dealkylation sites (tertiary alicyclic amines) is 1. The number of methoxy groups -OCH3 is 3. The summed E-state index contributed by atoms with van der Waals surface area (Å²) in [5.74, 6) is 0.817. The molecule has 4 heterocycles. The maximum Gasteiger partial charge on any atom is 0.407 e. The lowest BCUT2D eigenvalue weighted by atomic mass is 9.98. The zero-order chi connectivity index (χ0) is 44.0. The monoisotopic (exact) mass is 856 g/mol. The van der Waals surface area contributed by atoms with Crippen molar-refractivity contribution in [1.82, 2.24) is 40.4 Å². The summed E-state index contributed by atoms with van der Waals surface area (Å²) in [6.45, 7) is 3.29. The van der Waals surface area contributed by atoms with E-state index < -0.39 is 36.7 Å². The first kappa shape index (κ1) is 43.2. The van der Waals surface area contributed by atoms with Gasteiger partial charge in [0.15, 0.2) is 0 Å². The van der Waals surface area contributed by atoms with Crippen LogP contribution in [0.2, 0.25) is 0 Å². The number of rotatable bonds is 14. The Morgan fingerprint density at radius 1 is 0.762 bits per heavy atom. The number of amides is 3. The molecular formula is C47H52N8O8. The molecule has 6 atom stereocenters. The summed E-state index contributed by atoms with van der Waals surface area (Å²) < 4.78 is 21.0. The van der Waals surface area contributed by atoms with E-state index in [9.17, 15) is 19.5 Å². The first-order chi connectivity index (χ1) is 30.6. The Kier molecular flexibility index (Phi) is 13.3. The van der Waals surface area contributed by atoms with Gasteiger partial charge in [-0.15, -0.1) is 0 Å². The van der Waals surface area contributed by atoms with Crippen LogP contribution in [-0.2, 0) is 28.5 Å². The molecule has 1 unspecified atom stereocenters. The molecule has 3 amide bonds. The molecule has 63 heavy (non-hydrogen) atoms. The van der Waals surface area contributed by atoms with Gasteiger partial charge in [0.1, 0.15) is 29.8 Å². The number of imidazole rings is 2. The van der Waals surface area contributed by atoms with Crippen LogP contribution in [0, 0.1) is 0 Å². The molecule has 2 aliphatic rings. The van der Waals surface area contributed by atoms with Crippen LogP contribution in [0.3, 0.4) is 0 Å². The van der Waals surface area contributed by atoms with Crippen LogP contribution in [-0.4, -0.2) is 119 Å². The number of aliphatic hydroxyl groups is 1. The summed E-state index contributed by atoms with van der Waals surface area (Å²) in [5, 5.41) is 17.9. The van der Waals surface area contributed by atoms with Crippen molar-refractivity contribution in [2.45, 2.75) is 56.5 Å². The standard InChI is InChI=1S/C47H52N8O8/c1-28(60-2)40(52-46(58)61-3)44(56)54-20-8-11-38(54)42-48-26-37(51-42)35-19-18-33-23-32(16-17-34(33)24-35)29-12-14-30(15-13-29)36-25-49-43(50-36)39-27-63-22-21-55(39)45(57)41(53-47(59)62-4)31-9-6-5-7-10-31/h5-7,9-10,12-19,23-26,28,38-41,47,53,59H,8,11,20-22,27H2,1-4H3,(H,48,51)(H,49,50)(H,52,58)/t28-,38+,39+,40+,41-,47?/m1/s1. The maximum atomic E-state index is 14.1. The number of aliphatic hydroxyl groups excluding tert-OH is 1. The normalized spacial score (nSPS) is 18.5. The van der Waals surface area contributed by atoms with Crippen LogP contribution in [0.5, 0.6) is 0 Å². The molecule has 8 rings (SSSR count). The number of alkyl carbamates (subject to hydrolysis) is 1. The van der Waals surface area contributed by atoms with E-state index in [0.29, 0.717) is 36.9 Å². The molecule has 2 fully saturated rings. The van der Waals surface area contributed by atoms with Gasteiger partial charge in [0.2, 0.25) is 18.2 Å². The number of benzene rings is 4. The van der Waals surface area contributed by atoms with Gasteiger partial charge in [-0.2, -0.15) is 0 Å². The Morgan fingerprint density at radius 3 is 2.06 bits per heavy atom. The van der Waals surface area contributed by atoms with E-state index >= 15 is 0 Å². The number of nitrogens with one attached hydrogen (secondary N) is 4. The van der Waals surface area contributed by atoms with E-state index in [1.54, 1.807) is 29.1 Å². The maximum absolute atomic E-state index is 14.1. The molecule has 328 valence electrons. The minimum absolute atomic E-state index is 0.226. The van der Waals surface area contributed by atoms with Crippen molar-refractivity contribution in [1.29, 1.82) is 0 Å². The predicted octanol–water partition coefficient (Wildman–Crippen LogP) is 5.86. The van der Waals surface area contributed by atoms with Gasteiger partial charge < -0.3 is 49.1 Å². The number of aromatic amines is 2. The van der Waals surface area contributed by atoms with Crippen LogP contribution in [0.25, 0.3) is 44.4 Å². The summed E-state index contributed by atoms with van der Waals surface area (Å²) >= 11 is 0. The third-order valence-corrected chi connectivity index (χ3v) is 11.9. The number of carbonyl (C=O) groups excluding carboxylic acids is 3. The topological polar surface area (TPSA) is 196 Å². The second-order valence-corrected chi connectivity index (χ2v) is 15.7. The van der Waals surface area contributed by atoms with E-state index in [1.807, 2.05) is 42.5 Å². The number of aromatic nitrogens is 4. The van der Waals surface area contributed by atoms with Crippen molar-refractivity contribution in [3.8, 4) is 33.6 Å². The second kappa shape index (κ2) is 19.3. The average Bonchev–Trinajstić information content (AvgIpc) is 4.14. The quantitative estimate of drug-likeness (QED) is 0.0824. The molecule has 2 saturated heterocycles. The van der Waals surface area contributed by atoms with Crippen LogP contribution < -0.4 is 10.6 Å². The summed E-state index contributed by atoms with van der Waals surface area (Å²) in [5.41, 5.74) is 6.38. The minimum atomic E-state index is -1.33. The van der Waals surface area contributed by atoms with Gasteiger partial charge in [-0.3, -0.25) is 14.9 Å². The molecule has 0 saturated carbocycles. The van der Waals surface area contributed by atoms with E-state index in [0.717, 1.165) is 57.3 Å². The third kappa shape index (κ3) is 9.35. The molecule has 2 aromatic heterocycles. The second-order valence-electron chi connectivity index (χ2n) is 15.7. The number of morpholine rings is 1. The number of fused-ring (bicyclic) bond motifs is 1. The van der Waals surface area contributed by atoms with Crippen molar-refractivity contribution in [3.63, 3.8) is 0 Å². The van der Waals surface area contributed by atoms with Gasteiger partial charge in [-0.05, 0) is 64.9 Å². The Balaban J connectivity index is 0.948. The molecular weight excluding hydrogens is 805 g/mol. The highest BCUT2D eigenvalue weighted by molar-refractivity contribution is 5.91. The fourth-order valence-electron chi connectivity index (χ4n) is 8.36. The molecule has 5 N–H and O–H groups in total. The number of hydrogen-bond acceptors (Lipinski definition) is 11. The van der Waals surface area contributed by atoms with E-state index in [1.165, 1.54) is 21.3 Å². The highest BCUT2D eigenvalue weighted by Crippen LogP contribution is 2.35. The zero-order valence-electron chi connectivity index (χ0n) is 35.6. The van der Waals surface area contributed by atoms with E-state index in [4.69, 9.17) is 28.9 Å². The Bertz CT molecular complexity index is 2530. The van der Waals surface area contributed by atoms with Gasteiger partial charge in [0, 0.05) is 32.9 Å². The first-order valence-electron chi connectivity index (χ1n) is 21.0. The highest BCUT2D eigenvalue weighted by atomic mass is 16.6. The predicted molar refractivity (Wildman–Crippen MR) is 235 cm³/mol. The van der Waals surface area contributed by atoms with Gasteiger partial charge in [-0.25, -0.2) is 14.8 Å². The van der Waals surface area contributed by atoms with Crippen LogP contribution in [0.1, 0.15) is 55.1 Å². The summed E-state index contributed by atoms with van der Waals surface area (Å²) in [6.07, 6.45) is 2.53. The number of H-pyrrole nitrogens is 2. The molecule has 16 heteroatoms. The largest absolute Gasteiger partial charge is 0.453 e. The molecule has 0 spiro atoms. The van der Waals surface area contributed by atoms with Gasteiger partial charge in [-0.1, -0.05) is 78.9 Å². The number of hydrogen-bond donors (Lipinski definition) is 5. The van der Waals surface area contributed by atoms with E-state index in [-0.39, 0.29) is 24.5 Å². The number of nitrogens with zero attached hydrogens (tertiary/aromatic N) is 4. The van der Waals surface area contributed by atoms with Gasteiger partial charge in [0.05, 0.1) is 56.3 Å². The molecule has 0 bridgehead atoms. The van der Waals surface area contributed by atoms with Crippen molar-refractivity contribution < 1.29 is 38.4 Å². The Labute approximate surface area is 364 Å². The molecule has 4 aromatic carbocycles. The SMILES string of the molecule is COC(=O)N[C@H](C(=O)N1CCC[C@H]1c1ncc(-c2ccc3cc(-c4ccc(-c5cnc([C@@H]6COCCN6C(=O)[C@H](NC(O)OC)c6ccccc6)[nH]5)cc4)ccc3c2)[nH]1)[C@@H](C)OC. The third-order valence-electron chi connectivity index (χ3n) is 11.9. The van der Waals surface area contributed by atoms with Crippen molar-refractivity contribution in [2.24, 2.45) is 0 Å². The van der Waals surface area contributed by atoms with Crippen molar-refractivity contribution in [3.05, 3.63) is 121 Å². The van der Waals surface area contributed by atoms with Gasteiger partial charge >= 0.3 is 6.09 Å². The molecule has 2 aliphatic heterocycles. The highest BCUT2D eigenvalue weighted by Gasteiger charge is 2.39. The lowest BCUT2D eigenvalue weighted by Gasteiger charge is -2.37. The fraction of sp³-hybridized carbons (Fsp3) is 0.340. The summed E-state index contributed by atoms with van der Waals surface area (Å²) in [7, 11) is 4.13.